The maximum absolute atomic E-state index is 4.55. The molecular formula is C70H64N10Pt2-6. The van der Waals surface area contributed by atoms with Gasteiger partial charge in [-0.05, 0) is 136 Å². The number of aliphatic imine (C=N–C) groups is 2. The molecule has 2 aromatic heterocycles. The second-order valence-electron chi connectivity index (χ2n) is 19.4. The van der Waals surface area contributed by atoms with Crippen LogP contribution in [0.3, 0.4) is 0 Å². The van der Waals surface area contributed by atoms with Crippen LogP contribution in [0.25, 0.3) is 32.9 Å². The summed E-state index contributed by atoms with van der Waals surface area (Å²) >= 11 is 0. The summed E-state index contributed by atoms with van der Waals surface area (Å²) < 4.78 is 0. The number of pyridine rings is 2. The Bertz CT molecular complexity index is 3400. The quantitative estimate of drug-likeness (QED) is 0.0770. The fraction of sp³-hybridized carbons (Fsp3) is 0.114. The molecular weight excluding hydrogens is 1370 g/mol. The van der Waals surface area contributed by atoms with Gasteiger partial charge in [-0.3, -0.25) is 0 Å². The molecule has 0 saturated carbocycles. The summed E-state index contributed by atoms with van der Waals surface area (Å²) in [7, 11) is 4.08. The van der Waals surface area contributed by atoms with Gasteiger partial charge in [0.25, 0.3) is 0 Å². The van der Waals surface area contributed by atoms with Crippen molar-refractivity contribution in [2.24, 2.45) is 9.98 Å². The van der Waals surface area contributed by atoms with Crippen LogP contribution < -0.4 is 19.6 Å². The van der Waals surface area contributed by atoms with Gasteiger partial charge in [0.05, 0.1) is 0 Å². The molecule has 0 amide bonds. The van der Waals surface area contributed by atoms with E-state index >= 15 is 0 Å². The van der Waals surface area contributed by atoms with Gasteiger partial charge in [-0.2, -0.15) is 49.7 Å². The molecule has 2 aliphatic rings. The Morgan fingerprint density at radius 1 is 0.427 bits per heavy atom. The predicted octanol–water partition coefficient (Wildman–Crippen LogP) is 18.5. The molecule has 12 heteroatoms. The Morgan fingerprint density at radius 2 is 0.768 bits per heavy atom. The van der Waals surface area contributed by atoms with E-state index in [0.717, 1.165) is 57.1 Å². The van der Waals surface area contributed by atoms with Crippen LogP contribution in [0.5, 0.6) is 0 Å². The van der Waals surface area contributed by atoms with Crippen LogP contribution in [0.15, 0.2) is 229 Å². The molecule has 0 unspecified atom stereocenters. The minimum Gasteiger partial charge on any atom is -0.502 e. The summed E-state index contributed by atoms with van der Waals surface area (Å²) in [6.07, 6.45) is 6.81. The normalized spacial score (nSPS) is 11.9. The second kappa shape index (κ2) is 29.9. The van der Waals surface area contributed by atoms with E-state index in [1.165, 1.54) is 55.6 Å². The van der Waals surface area contributed by atoms with Crippen molar-refractivity contribution in [1.82, 2.24) is 9.97 Å². The van der Waals surface area contributed by atoms with Crippen molar-refractivity contribution < 1.29 is 42.1 Å². The van der Waals surface area contributed by atoms with Gasteiger partial charge in [0, 0.05) is 65.9 Å². The van der Waals surface area contributed by atoms with Gasteiger partial charge in [0.15, 0.2) is 0 Å². The fourth-order valence-corrected chi connectivity index (χ4v) is 9.78. The van der Waals surface area contributed by atoms with Crippen molar-refractivity contribution in [2.75, 3.05) is 33.7 Å². The molecule has 0 spiro atoms. The number of benzene rings is 8. The maximum atomic E-state index is 4.55. The summed E-state index contributed by atoms with van der Waals surface area (Å²) in [4.78, 5) is 25.9. The van der Waals surface area contributed by atoms with Gasteiger partial charge in [0.2, 0.25) is 0 Å². The van der Waals surface area contributed by atoms with Crippen LogP contribution in [-0.2, 0) is 42.1 Å². The smallest absolute Gasteiger partial charge is 0.124 e. The third-order valence-corrected chi connectivity index (χ3v) is 13.2. The maximum Gasteiger partial charge on any atom is 0.124 e. The molecule has 4 heterocycles. The summed E-state index contributed by atoms with van der Waals surface area (Å²) in [5.41, 5.74) is 20.7. The summed E-state index contributed by atoms with van der Waals surface area (Å²) in [6, 6.07) is 75.4. The molecule has 0 N–H and O–H groups in total. The van der Waals surface area contributed by atoms with Crippen molar-refractivity contribution in [3.63, 3.8) is 0 Å². The van der Waals surface area contributed by atoms with Crippen LogP contribution >= 0.6 is 0 Å². The Hall–Kier alpha value is -8.42. The van der Waals surface area contributed by atoms with Crippen LogP contribution in [0.1, 0.15) is 33.4 Å². The van der Waals surface area contributed by atoms with E-state index < -0.39 is 0 Å². The van der Waals surface area contributed by atoms with Crippen molar-refractivity contribution in [2.45, 2.75) is 41.5 Å². The molecule has 10 nitrogen and oxygen atoms in total. The average Bonchev–Trinajstić information content (AvgIpc) is 4.10. The molecule has 0 saturated heterocycles. The molecule has 10 aromatic rings. The number of rotatable bonds is 10. The molecule has 8 aromatic carbocycles. The Morgan fingerprint density at radius 3 is 1.12 bits per heavy atom. The predicted molar refractivity (Wildman–Crippen MR) is 336 cm³/mol. The third-order valence-electron chi connectivity index (χ3n) is 13.2. The average molecular weight is 1440 g/mol. The van der Waals surface area contributed by atoms with Crippen molar-refractivity contribution in [1.29, 1.82) is 0 Å². The summed E-state index contributed by atoms with van der Waals surface area (Å²) in [5, 5.41) is 8.42. The molecule has 12 rings (SSSR count). The summed E-state index contributed by atoms with van der Waals surface area (Å²) in [6.45, 7) is 17.1. The minimum absolute atomic E-state index is 0. The summed E-state index contributed by atoms with van der Waals surface area (Å²) in [5.74, 6) is 1.88. The number of fused-ring (bicyclic) bond motifs is 2. The zero-order valence-electron chi connectivity index (χ0n) is 47.2. The van der Waals surface area contributed by atoms with E-state index in [1.54, 1.807) is 12.7 Å². The van der Waals surface area contributed by atoms with E-state index in [0.29, 0.717) is 0 Å². The van der Waals surface area contributed by atoms with Crippen LogP contribution in [0.2, 0.25) is 0 Å². The van der Waals surface area contributed by atoms with Gasteiger partial charge in [-0.15, -0.1) is 34.6 Å². The molecule has 82 heavy (non-hydrogen) atoms. The monoisotopic (exact) mass is 1430 g/mol. The first-order chi connectivity index (χ1) is 39.0. The molecule has 420 valence electrons. The van der Waals surface area contributed by atoms with Gasteiger partial charge in [0.1, 0.15) is 11.6 Å². The van der Waals surface area contributed by atoms with Crippen molar-refractivity contribution in [3.05, 3.63) is 288 Å². The number of anilines is 6. The molecule has 0 atom stereocenters. The third kappa shape index (κ3) is 15.9. The van der Waals surface area contributed by atoms with Crippen LogP contribution in [0, 0.1) is 67.0 Å². The topological polar surface area (TPSA) is 91.7 Å². The molecule has 0 aliphatic carbocycles. The number of aromatic nitrogens is 2. The molecule has 2 aliphatic heterocycles. The van der Waals surface area contributed by atoms with Gasteiger partial charge in [-0.25, -0.2) is 9.97 Å². The molecule has 0 bridgehead atoms. The number of aryl methyl sites for hydroxylation is 6. The second-order valence-corrected chi connectivity index (χ2v) is 19.4. The van der Waals surface area contributed by atoms with Crippen molar-refractivity contribution >= 4 is 69.8 Å². The van der Waals surface area contributed by atoms with E-state index in [1.807, 2.05) is 172 Å². The standard InChI is InChI=1S/2C22H21N3.2C13H11N2.2Pt/c2*1-15-11-16(2)21(17(3)12-15)18-7-5-8-19(13-18)25-14-24(4)20-9-6-10-23-22(20)25;2*1-3-7-12(8-4-1)14-11-15-13-9-5-2-6-10-13;;/h2*5-7,9-14H,1-4H3;2*1-11H;;/q2*-2;2*-1;;. The Labute approximate surface area is 513 Å². The first-order valence-corrected chi connectivity index (χ1v) is 26.5. The van der Waals surface area contributed by atoms with Crippen molar-refractivity contribution in [3.8, 4) is 22.3 Å². The largest absolute Gasteiger partial charge is 0.502 e. The van der Waals surface area contributed by atoms with E-state index in [-0.39, 0.29) is 42.1 Å². The zero-order chi connectivity index (χ0) is 55.8. The SMILES string of the molecule is C(=Nc1ccccc1)[N-]c1ccccc1.C(=Nc1ccccc1)[N-]c1ccccc1.Cc1cc(C)c(-c2cc[c-]c(N3[CH-]N(C)c4cccnc43)c2)c(C)c1.Cc1cc(C)c(-c2cc[c-]c(N3[CH-]N(C)c4cccnc43)c2)c(C)c1.[Pt].[Pt]. The van der Waals surface area contributed by atoms with E-state index in [9.17, 15) is 0 Å². The molecule has 0 radical (unpaired) electrons. The first-order valence-electron chi connectivity index (χ1n) is 26.5. The van der Waals surface area contributed by atoms with Gasteiger partial charge < -0.3 is 40.2 Å². The minimum atomic E-state index is 0. The first kappa shape index (κ1) is 61.2. The Balaban J connectivity index is 0.000000161. The Kier molecular flexibility index (Phi) is 22.3. The van der Waals surface area contributed by atoms with E-state index in [2.05, 4.69) is 178 Å². The van der Waals surface area contributed by atoms with Crippen LogP contribution in [0.4, 0.5) is 57.1 Å². The zero-order valence-corrected chi connectivity index (χ0v) is 51.7. The number of hydrogen-bond donors (Lipinski definition) is 0. The number of para-hydroxylation sites is 4. The van der Waals surface area contributed by atoms with Gasteiger partial charge in [-0.1, -0.05) is 169 Å². The molecule has 0 fully saturated rings. The fourth-order valence-electron chi connectivity index (χ4n) is 9.78. The van der Waals surface area contributed by atoms with Crippen LogP contribution in [-0.4, -0.2) is 36.7 Å². The van der Waals surface area contributed by atoms with Gasteiger partial charge >= 0.3 is 0 Å². The number of nitrogens with zero attached hydrogens (tertiary/aromatic N) is 10. The number of hydrogen-bond acceptors (Lipinski definition) is 8. The van der Waals surface area contributed by atoms with E-state index in [4.69, 9.17) is 0 Å².